The maximum absolute atomic E-state index is 5.58. The van der Waals surface area contributed by atoms with E-state index >= 15 is 0 Å². The van der Waals surface area contributed by atoms with Gasteiger partial charge in [-0.3, -0.25) is 5.10 Å². The van der Waals surface area contributed by atoms with E-state index in [0.717, 1.165) is 36.1 Å². The van der Waals surface area contributed by atoms with Gasteiger partial charge in [-0.1, -0.05) is 35.0 Å². The minimum absolute atomic E-state index is 0.264. The lowest BCUT2D eigenvalue weighted by Gasteiger charge is -2.27. The predicted octanol–water partition coefficient (Wildman–Crippen LogP) is 2.81. The van der Waals surface area contributed by atoms with E-state index in [1.165, 1.54) is 5.57 Å². The van der Waals surface area contributed by atoms with Crippen LogP contribution < -0.4 is 5.32 Å². The number of H-pyrrole nitrogens is 1. The van der Waals surface area contributed by atoms with Gasteiger partial charge in [-0.2, -0.15) is 10.1 Å². The Morgan fingerprint density at radius 3 is 2.91 bits per heavy atom. The van der Waals surface area contributed by atoms with Crippen LogP contribution in [0.1, 0.15) is 26.2 Å². The van der Waals surface area contributed by atoms with Crippen LogP contribution in [0.25, 0.3) is 22.4 Å². The molecule has 0 bridgehead atoms. The first kappa shape index (κ1) is 14.1. The number of rotatable bonds is 3. The lowest BCUT2D eigenvalue weighted by Crippen LogP contribution is -2.29. The molecule has 0 spiro atoms. The maximum Gasteiger partial charge on any atom is 0.236 e. The average molecular weight is 309 g/mol. The number of hydrogen-bond donors (Lipinski definition) is 2. The van der Waals surface area contributed by atoms with Crippen LogP contribution in [0.5, 0.6) is 0 Å². The molecule has 1 aliphatic rings. The van der Waals surface area contributed by atoms with Gasteiger partial charge in [-0.15, -0.1) is 0 Å². The Labute approximate surface area is 134 Å². The van der Waals surface area contributed by atoms with Crippen LogP contribution in [0.2, 0.25) is 0 Å². The van der Waals surface area contributed by atoms with Crippen LogP contribution in [0, 0.1) is 0 Å². The van der Waals surface area contributed by atoms with Gasteiger partial charge in [0.1, 0.15) is 5.69 Å². The third-order valence-electron chi connectivity index (χ3n) is 4.51. The molecule has 6 heteroatoms. The van der Waals surface area contributed by atoms with E-state index in [4.69, 9.17) is 4.52 Å². The van der Waals surface area contributed by atoms with E-state index in [1.807, 2.05) is 24.3 Å². The lowest BCUT2D eigenvalue weighted by molar-refractivity contribution is 0.325. The number of fused-ring (bicyclic) bond motifs is 1. The first-order valence-corrected chi connectivity index (χ1v) is 7.84. The van der Waals surface area contributed by atoms with Gasteiger partial charge in [-0.05, 0) is 32.9 Å². The number of aromatic nitrogens is 4. The van der Waals surface area contributed by atoms with Crippen molar-refractivity contribution in [1.82, 2.24) is 25.7 Å². The summed E-state index contributed by atoms with van der Waals surface area (Å²) < 4.78 is 5.58. The molecule has 0 saturated carbocycles. The zero-order chi connectivity index (χ0) is 15.9. The van der Waals surface area contributed by atoms with E-state index in [2.05, 4.69) is 45.6 Å². The van der Waals surface area contributed by atoms with Crippen molar-refractivity contribution in [2.45, 2.75) is 25.7 Å². The molecule has 0 fully saturated rings. The molecular weight excluding hydrogens is 290 g/mol. The molecule has 118 valence electrons. The highest BCUT2D eigenvalue weighted by Gasteiger charge is 2.32. The summed E-state index contributed by atoms with van der Waals surface area (Å²) in [5.74, 6) is 1.16. The molecule has 4 rings (SSSR count). The molecular formula is C17H19N5O. The first-order chi connectivity index (χ1) is 11.2. The van der Waals surface area contributed by atoms with Crippen molar-refractivity contribution in [3.05, 3.63) is 41.8 Å². The summed E-state index contributed by atoms with van der Waals surface area (Å²) in [7, 11) is 0. The zero-order valence-corrected chi connectivity index (χ0v) is 13.3. The smallest absolute Gasteiger partial charge is 0.236 e. The molecule has 2 aromatic heterocycles. The minimum Gasteiger partial charge on any atom is -0.338 e. The molecule has 2 N–H and O–H groups in total. The van der Waals surface area contributed by atoms with Gasteiger partial charge in [0.05, 0.1) is 10.9 Å². The molecule has 3 heterocycles. The van der Waals surface area contributed by atoms with Gasteiger partial charge >= 0.3 is 0 Å². The van der Waals surface area contributed by atoms with Gasteiger partial charge < -0.3 is 9.84 Å². The van der Waals surface area contributed by atoms with Crippen molar-refractivity contribution in [3.63, 3.8) is 0 Å². The molecule has 0 aliphatic carbocycles. The Balaban J connectivity index is 1.73. The quantitative estimate of drug-likeness (QED) is 0.727. The summed E-state index contributed by atoms with van der Waals surface area (Å²) in [5, 5.41) is 15.8. The van der Waals surface area contributed by atoms with Gasteiger partial charge in [0.15, 0.2) is 0 Å². The topological polar surface area (TPSA) is 79.6 Å². The summed E-state index contributed by atoms with van der Waals surface area (Å²) in [5.41, 5.74) is 2.76. The van der Waals surface area contributed by atoms with E-state index < -0.39 is 0 Å². The molecule has 0 atom stereocenters. The minimum atomic E-state index is -0.264. The molecule has 0 amide bonds. The standard InChI is InChI=1S/C17H19N5O/c1-17(2,11-7-9-18-10-8-11)16-19-15(22-23-16)14-12-5-3-4-6-13(12)20-21-14/h3-7,18H,8-10H2,1-2H3,(H,20,21). The Bertz CT molecular complexity index is 874. The fourth-order valence-electron chi connectivity index (χ4n) is 3.03. The van der Waals surface area contributed by atoms with Crippen LogP contribution in [-0.2, 0) is 5.41 Å². The van der Waals surface area contributed by atoms with Crippen molar-refractivity contribution in [3.8, 4) is 11.5 Å². The van der Waals surface area contributed by atoms with Crippen LogP contribution >= 0.6 is 0 Å². The largest absolute Gasteiger partial charge is 0.338 e. The molecule has 1 aliphatic heterocycles. The highest BCUT2D eigenvalue weighted by molar-refractivity contribution is 5.90. The highest BCUT2D eigenvalue weighted by atomic mass is 16.5. The Morgan fingerprint density at radius 1 is 1.22 bits per heavy atom. The molecule has 3 aromatic rings. The van der Waals surface area contributed by atoms with Gasteiger partial charge in [0, 0.05) is 11.9 Å². The van der Waals surface area contributed by atoms with E-state index in [9.17, 15) is 0 Å². The number of benzene rings is 1. The number of nitrogens with zero attached hydrogens (tertiary/aromatic N) is 3. The molecule has 1 aromatic carbocycles. The van der Waals surface area contributed by atoms with Crippen molar-refractivity contribution in [2.75, 3.05) is 13.1 Å². The summed E-state index contributed by atoms with van der Waals surface area (Å²) >= 11 is 0. The molecule has 6 nitrogen and oxygen atoms in total. The Hall–Kier alpha value is -2.47. The Kier molecular flexibility index (Phi) is 3.27. The zero-order valence-electron chi connectivity index (χ0n) is 13.3. The van der Waals surface area contributed by atoms with E-state index in [0.29, 0.717) is 11.7 Å². The van der Waals surface area contributed by atoms with Gasteiger partial charge in [0.2, 0.25) is 11.7 Å². The summed E-state index contributed by atoms with van der Waals surface area (Å²) in [6.07, 6.45) is 3.22. The van der Waals surface area contributed by atoms with E-state index in [1.54, 1.807) is 0 Å². The summed E-state index contributed by atoms with van der Waals surface area (Å²) in [6, 6.07) is 7.94. The van der Waals surface area contributed by atoms with Crippen molar-refractivity contribution in [1.29, 1.82) is 0 Å². The molecule has 0 radical (unpaired) electrons. The van der Waals surface area contributed by atoms with Crippen LogP contribution in [0.3, 0.4) is 0 Å². The number of nitrogens with one attached hydrogen (secondary N) is 2. The lowest BCUT2D eigenvalue weighted by atomic mass is 9.81. The predicted molar refractivity (Wildman–Crippen MR) is 88.0 cm³/mol. The molecule has 0 unspecified atom stereocenters. The first-order valence-electron chi connectivity index (χ1n) is 7.84. The third-order valence-corrected chi connectivity index (χ3v) is 4.51. The maximum atomic E-state index is 5.58. The second-order valence-electron chi connectivity index (χ2n) is 6.35. The third kappa shape index (κ3) is 2.35. The normalized spacial score (nSPS) is 15.8. The molecule has 23 heavy (non-hydrogen) atoms. The van der Waals surface area contributed by atoms with Crippen molar-refractivity contribution in [2.24, 2.45) is 0 Å². The fourth-order valence-corrected chi connectivity index (χ4v) is 3.03. The van der Waals surface area contributed by atoms with Crippen molar-refractivity contribution < 1.29 is 4.52 Å². The monoisotopic (exact) mass is 309 g/mol. The summed E-state index contributed by atoms with van der Waals surface area (Å²) in [6.45, 7) is 6.14. The number of para-hydroxylation sites is 1. The second-order valence-corrected chi connectivity index (χ2v) is 6.35. The van der Waals surface area contributed by atoms with Gasteiger partial charge in [-0.25, -0.2) is 0 Å². The average Bonchev–Trinajstić information content (AvgIpc) is 3.22. The van der Waals surface area contributed by atoms with E-state index in [-0.39, 0.29) is 5.41 Å². The van der Waals surface area contributed by atoms with Crippen molar-refractivity contribution >= 4 is 10.9 Å². The highest BCUT2D eigenvalue weighted by Crippen LogP contribution is 2.34. The van der Waals surface area contributed by atoms with Crippen LogP contribution in [0.4, 0.5) is 0 Å². The number of aromatic amines is 1. The second kappa shape index (κ2) is 5.31. The van der Waals surface area contributed by atoms with Crippen LogP contribution in [0.15, 0.2) is 40.4 Å². The fraction of sp³-hybridized carbons (Fsp3) is 0.353. The SMILES string of the molecule is CC(C)(C1=CCNCC1)c1nc(-c2n[nH]c3ccccc23)no1. The molecule has 0 saturated heterocycles. The van der Waals surface area contributed by atoms with Gasteiger partial charge in [0.25, 0.3) is 0 Å². The Morgan fingerprint density at radius 2 is 2.09 bits per heavy atom. The number of hydrogen-bond acceptors (Lipinski definition) is 5. The van der Waals surface area contributed by atoms with Crippen LogP contribution in [-0.4, -0.2) is 33.4 Å². The summed E-state index contributed by atoms with van der Waals surface area (Å²) in [4.78, 5) is 4.63.